The lowest BCUT2D eigenvalue weighted by atomic mass is 10.1. The van der Waals surface area contributed by atoms with Gasteiger partial charge in [-0.05, 0) is 49.4 Å². The lowest BCUT2D eigenvalue weighted by molar-refractivity contribution is 0.253. The van der Waals surface area contributed by atoms with E-state index in [2.05, 4.69) is 34.0 Å². The summed E-state index contributed by atoms with van der Waals surface area (Å²) in [6.07, 6.45) is 3.18. The van der Waals surface area contributed by atoms with E-state index in [4.69, 9.17) is 11.6 Å². The van der Waals surface area contributed by atoms with Crippen LogP contribution in [0.3, 0.4) is 0 Å². The van der Waals surface area contributed by atoms with Gasteiger partial charge in [0, 0.05) is 17.6 Å². The van der Waals surface area contributed by atoms with Gasteiger partial charge in [-0.1, -0.05) is 29.8 Å². The molecule has 0 aliphatic rings. The highest BCUT2D eigenvalue weighted by molar-refractivity contribution is 6.31. The second-order valence-electron chi connectivity index (χ2n) is 5.76. The van der Waals surface area contributed by atoms with Crippen molar-refractivity contribution in [1.29, 1.82) is 0 Å². The van der Waals surface area contributed by atoms with E-state index in [1.54, 1.807) is 17.1 Å². The summed E-state index contributed by atoms with van der Waals surface area (Å²) in [4.78, 5) is 6.12. The Morgan fingerprint density at radius 1 is 1.21 bits per heavy atom. The van der Waals surface area contributed by atoms with Crippen molar-refractivity contribution in [3.63, 3.8) is 0 Å². The van der Waals surface area contributed by atoms with E-state index in [-0.39, 0.29) is 11.9 Å². The predicted molar refractivity (Wildman–Crippen MR) is 92.7 cm³/mol. The van der Waals surface area contributed by atoms with Crippen LogP contribution in [0, 0.1) is 5.82 Å². The topological polar surface area (TPSA) is 34.0 Å². The zero-order chi connectivity index (χ0) is 17.1. The molecular formula is C18H18ClFN4. The van der Waals surface area contributed by atoms with Crippen molar-refractivity contribution < 1.29 is 4.39 Å². The Bertz CT molecular complexity index is 802. The zero-order valence-electron chi connectivity index (χ0n) is 13.5. The molecule has 0 radical (unpaired) electrons. The average Bonchev–Trinajstić information content (AvgIpc) is 3.11. The summed E-state index contributed by atoms with van der Waals surface area (Å²) in [5.41, 5.74) is 3.05. The van der Waals surface area contributed by atoms with E-state index in [1.165, 1.54) is 24.0 Å². The van der Waals surface area contributed by atoms with Crippen molar-refractivity contribution in [3.05, 3.63) is 77.1 Å². The second-order valence-corrected chi connectivity index (χ2v) is 6.17. The molecule has 1 heterocycles. The molecule has 3 rings (SSSR count). The molecule has 124 valence electrons. The van der Waals surface area contributed by atoms with E-state index >= 15 is 0 Å². The van der Waals surface area contributed by atoms with E-state index in [1.807, 2.05) is 19.2 Å². The van der Waals surface area contributed by atoms with Crippen LogP contribution in [0.15, 0.2) is 55.1 Å². The van der Waals surface area contributed by atoms with Crippen LogP contribution in [-0.2, 0) is 6.54 Å². The molecule has 0 N–H and O–H groups in total. The molecule has 2 aromatic carbocycles. The molecule has 4 nitrogen and oxygen atoms in total. The first-order valence-corrected chi connectivity index (χ1v) is 8.01. The van der Waals surface area contributed by atoms with Gasteiger partial charge in [0.05, 0.1) is 5.69 Å². The van der Waals surface area contributed by atoms with E-state index < -0.39 is 0 Å². The summed E-state index contributed by atoms with van der Waals surface area (Å²) in [5.74, 6) is -0.317. The van der Waals surface area contributed by atoms with Crippen LogP contribution in [-0.4, -0.2) is 26.7 Å². The van der Waals surface area contributed by atoms with Crippen molar-refractivity contribution in [2.75, 3.05) is 7.05 Å². The molecule has 0 fully saturated rings. The molecule has 1 unspecified atom stereocenters. The van der Waals surface area contributed by atoms with Gasteiger partial charge in [0.2, 0.25) is 0 Å². The average molecular weight is 345 g/mol. The van der Waals surface area contributed by atoms with Gasteiger partial charge in [0.1, 0.15) is 18.5 Å². The maximum absolute atomic E-state index is 13.2. The van der Waals surface area contributed by atoms with Crippen LogP contribution in [0.5, 0.6) is 0 Å². The molecule has 6 heteroatoms. The molecule has 3 aromatic rings. The van der Waals surface area contributed by atoms with Crippen molar-refractivity contribution in [2.24, 2.45) is 0 Å². The molecule has 0 aliphatic heterocycles. The Morgan fingerprint density at radius 3 is 2.58 bits per heavy atom. The van der Waals surface area contributed by atoms with Gasteiger partial charge in [-0.3, -0.25) is 4.90 Å². The normalized spacial score (nSPS) is 12.5. The lowest BCUT2D eigenvalue weighted by Crippen LogP contribution is -2.22. The molecule has 0 saturated carbocycles. The number of benzene rings is 2. The third kappa shape index (κ3) is 3.63. The summed E-state index contributed by atoms with van der Waals surface area (Å²) in [6, 6.07) is 12.9. The fourth-order valence-corrected chi connectivity index (χ4v) is 2.78. The Kier molecular flexibility index (Phi) is 4.92. The summed E-state index contributed by atoms with van der Waals surface area (Å²) in [6.45, 7) is 2.77. The van der Waals surface area contributed by atoms with E-state index in [0.29, 0.717) is 11.6 Å². The third-order valence-electron chi connectivity index (χ3n) is 4.15. The largest absolute Gasteiger partial charge is 0.295 e. The first-order chi connectivity index (χ1) is 11.5. The molecule has 1 atom stereocenters. The number of halogens is 2. The van der Waals surface area contributed by atoms with Gasteiger partial charge >= 0.3 is 0 Å². The SMILES string of the molecule is CC(c1ccc(-n2cncn2)cc1)N(C)Cc1ccc(F)cc1Cl. The maximum atomic E-state index is 13.2. The molecule has 0 bridgehead atoms. The monoisotopic (exact) mass is 344 g/mol. The summed E-state index contributed by atoms with van der Waals surface area (Å²) in [7, 11) is 2.02. The van der Waals surface area contributed by atoms with Crippen LogP contribution >= 0.6 is 11.6 Å². The van der Waals surface area contributed by atoms with Crippen LogP contribution in [0.4, 0.5) is 4.39 Å². The van der Waals surface area contributed by atoms with E-state index in [0.717, 1.165) is 11.3 Å². The first-order valence-electron chi connectivity index (χ1n) is 7.63. The first kappa shape index (κ1) is 16.6. The van der Waals surface area contributed by atoms with Gasteiger partial charge in [0.25, 0.3) is 0 Å². The molecule has 0 spiro atoms. The van der Waals surface area contributed by atoms with Crippen LogP contribution in [0.25, 0.3) is 5.69 Å². The minimum atomic E-state index is -0.317. The molecule has 0 aliphatic carbocycles. The number of hydrogen-bond acceptors (Lipinski definition) is 3. The smallest absolute Gasteiger partial charge is 0.138 e. The fraction of sp³-hybridized carbons (Fsp3) is 0.222. The third-order valence-corrected chi connectivity index (χ3v) is 4.51. The minimum absolute atomic E-state index is 0.191. The quantitative estimate of drug-likeness (QED) is 0.693. The van der Waals surface area contributed by atoms with Crippen LogP contribution < -0.4 is 0 Å². The Hall–Kier alpha value is -2.24. The highest BCUT2D eigenvalue weighted by Gasteiger charge is 2.14. The van der Waals surface area contributed by atoms with Crippen LogP contribution in [0.1, 0.15) is 24.1 Å². The minimum Gasteiger partial charge on any atom is -0.295 e. The Labute approximate surface area is 145 Å². The number of hydrogen-bond donors (Lipinski definition) is 0. The van der Waals surface area contributed by atoms with Gasteiger partial charge in [-0.2, -0.15) is 5.10 Å². The van der Waals surface area contributed by atoms with Gasteiger partial charge in [-0.25, -0.2) is 14.1 Å². The Balaban J connectivity index is 1.72. The highest BCUT2D eigenvalue weighted by atomic mass is 35.5. The molecular weight excluding hydrogens is 327 g/mol. The van der Waals surface area contributed by atoms with Crippen molar-refractivity contribution in [3.8, 4) is 5.69 Å². The number of rotatable bonds is 5. The Morgan fingerprint density at radius 2 is 1.96 bits per heavy atom. The fourth-order valence-electron chi connectivity index (χ4n) is 2.56. The van der Waals surface area contributed by atoms with Gasteiger partial charge < -0.3 is 0 Å². The van der Waals surface area contributed by atoms with Gasteiger partial charge in [-0.15, -0.1) is 0 Å². The van der Waals surface area contributed by atoms with E-state index in [9.17, 15) is 4.39 Å². The summed E-state index contributed by atoms with van der Waals surface area (Å²) in [5, 5.41) is 4.57. The van der Waals surface area contributed by atoms with Crippen molar-refractivity contribution >= 4 is 11.6 Å². The molecule has 1 aromatic heterocycles. The predicted octanol–water partition coefficient (Wildman–Crippen LogP) is 4.25. The lowest BCUT2D eigenvalue weighted by Gasteiger charge is -2.25. The summed E-state index contributed by atoms with van der Waals surface area (Å²) >= 11 is 6.12. The number of aromatic nitrogens is 3. The van der Waals surface area contributed by atoms with Crippen molar-refractivity contribution in [1.82, 2.24) is 19.7 Å². The number of nitrogens with zero attached hydrogens (tertiary/aromatic N) is 4. The zero-order valence-corrected chi connectivity index (χ0v) is 14.3. The van der Waals surface area contributed by atoms with Gasteiger partial charge in [0.15, 0.2) is 0 Å². The molecule has 0 amide bonds. The second kappa shape index (κ2) is 7.11. The maximum Gasteiger partial charge on any atom is 0.138 e. The van der Waals surface area contributed by atoms with Crippen molar-refractivity contribution in [2.45, 2.75) is 19.5 Å². The highest BCUT2D eigenvalue weighted by Crippen LogP contribution is 2.25. The van der Waals surface area contributed by atoms with Crippen LogP contribution in [0.2, 0.25) is 5.02 Å². The summed E-state index contributed by atoms with van der Waals surface area (Å²) < 4.78 is 14.9. The standard InChI is InChI=1S/C18H18ClFN4/c1-13(23(2)10-15-3-6-16(20)9-18(15)19)14-4-7-17(8-5-14)24-12-21-11-22-24/h3-9,11-13H,10H2,1-2H3. The molecule has 24 heavy (non-hydrogen) atoms. The molecule has 0 saturated heterocycles.